The molecule has 0 aliphatic carbocycles. The molecule has 11 heteroatoms. The van der Waals surface area contributed by atoms with Crippen LogP contribution in [-0.4, -0.2) is 45.7 Å². The second-order valence-electron chi connectivity index (χ2n) is 7.66. The second kappa shape index (κ2) is 7.81. The first kappa shape index (κ1) is 21.6. The van der Waals surface area contributed by atoms with E-state index in [4.69, 9.17) is 0 Å². The monoisotopic (exact) mass is 449 g/mol. The van der Waals surface area contributed by atoms with Crippen LogP contribution in [0, 0.1) is 12.7 Å². The minimum absolute atomic E-state index is 0.0729. The lowest BCUT2D eigenvalue weighted by atomic mass is 10.1. The van der Waals surface area contributed by atoms with Crippen LogP contribution in [0.25, 0.3) is 10.9 Å². The van der Waals surface area contributed by atoms with Crippen molar-refractivity contribution in [3.05, 3.63) is 53.0 Å². The van der Waals surface area contributed by atoms with E-state index < -0.39 is 36.4 Å². The number of aromatic amines is 1. The number of nitrogens with zero attached hydrogens (tertiary/aromatic N) is 2. The lowest BCUT2D eigenvalue weighted by molar-refractivity contribution is -0.158. The van der Waals surface area contributed by atoms with E-state index in [9.17, 15) is 27.2 Å². The first-order valence-electron chi connectivity index (χ1n) is 9.73. The fourth-order valence-corrected chi connectivity index (χ4v) is 3.67. The molecule has 1 aliphatic rings. The molecule has 1 atom stereocenters. The van der Waals surface area contributed by atoms with Crippen molar-refractivity contribution in [2.24, 2.45) is 0 Å². The molecule has 3 N–H and O–H groups in total. The Hall–Kier alpha value is -3.63. The Balaban J connectivity index is 1.54. The lowest BCUT2D eigenvalue weighted by Crippen LogP contribution is -2.47. The highest BCUT2D eigenvalue weighted by atomic mass is 19.4. The van der Waals surface area contributed by atoms with Crippen LogP contribution in [0.2, 0.25) is 0 Å². The number of H-pyrrole nitrogens is 1. The maximum atomic E-state index is 14.5. The summed E-state index contributed by atoms with van der Waals surface area (Å²) in [5.41, 5.74) is 2.66. The standard InChI is InChI=1S/C21H19F4N5O2/c1-10-18-14(22)6-13(7-16(18)29-28-10)27-15-5-3-4-12-8-30(20(32)19(12)15)9-17(31)26-11(2)21(23,24)25/h3-7,11,27H,8-9H2,1-2H3,(H,26,31)(H,28,29). The van der Waals surface area contributed by atoms with Gasteiger partial charge in [0.2, 0.25) is 5.91 Å². The number of aryl methyl sites for hydroxylation is 1. The van der Waals surface area contributed by atoms with E-state index in [1.165, 1.54) is 6.07 Å². The van der Waals surface area contributed by atoms with Crippen molar-refractivity contribution in [2.75, 3.05) is 11.9 Å². The zero-order valence-corrected chi connectivity index (χ0v) is 17.1. The van der Waals surface area contributed by atoms with Crippen molar-refractivity contribution in [2.45, 2.75) is 32.6 Å². The van der Waals surface area contributed by atoms with Gasteiger partial charge in [0, 0.05) is 17.9 Å². The molecule has 4 rings (SSSR count). The van der Waals surface area contributed by atoms with Gasteiger partial charge in [0.1, 0.15) is 18.4 Å². The fraction of sp³-hybridized carbons (Fsp3) is 0.286. The number of nitrogens with one attached hydrogen (secondary N) is 3. The molecule has 1 aliphatic heterocycles. The van der Waals surface area contributed by atoms with E-state index in [1.54, 1.807) is 31.2 Å². The maximum absolute atomic E-state index is 14.5. The predicted molar refractivity (Wildman–Crippen MR) is 109 cm³/mol. The number of fused-ring (bicyclic) bond motifs is 2. The van der Waals surface area contributed by atoms with Crippen LogP contribution < -0.4 is 10.6 Å². The predicted octanol–water partition coefficient (Wildman–Crippen LogP) is 3.78. The molecule has 0 fully saturated rings. The van der Waals surface area contributed by atoms with Crippen LogP contribution in [0.3, 0.4) is 0 Å². The molecule has 32 heavy (non-hydrogen) atoms. The third-order valence-electron chi connectivity index (χ3n) is 5.28. The molecule has 0 spiro atoms. The second-order valence-corrected chi connectivity index (χ2v) is 7.66. The summed E-state index contributed by atoms with van der Waals surface area (Å²) in [4.78, 5) is 26.1. The average Bonchev–Trinajstić information content (AvgIpc) is 3.22. The van der Waals surface area contributed by atoms with E-state index in [2.05, 4.69) is 15.5 Å². The zero-order chi connectivity index (χ0) is 23.2. The molecule has 0 saturated carbocycles. The Morgan fingerprint density at radius 1 is 1.31 bits per heavy atom. The van der Waals surface area contributed by atoms with Gasteiger partial charge in [-0.1, -0.05) is 12.1 Å². The van der Waals surface area contributed by atoms with Crippen molar-refractivity contribution in [1.82, 2.24) is 20.4 Å². The van der Waals surface area contributed by atoms with E-state index in [0.717, 1.165) is 11.8 Å². The van der Waals surface area contributed by atoms with Crippen molar-refractivity contribution in [3.8, 4) is 0 Å². The van der Waals surface area contributed by atoms with Gasteiger partial charge >= 0.3 is 6.18 Å². The number of alkyl halides is 3. The molecule has 2 aromatic carbocycles. The molecular weight excluding hydrogens is 430 g/mol. The number of rotatable bonds is 5. The number of benzene rings is 2. The highest BCUT2D eigenvalue weighted by molar-refractivity contribution is 6.05. The van der Waals surface area contributed by atoms with Crippen LogP contribution in [0.15, 0.2) is 30.3 Å². The molecule has 2 heterocycles. The molecule has 1 unspecified atom stereocenters. The van der Waals surface area contributed by atoms with Gasteiger partial charge in [-0.15, -0.1) is 0 Å². The molecule has 0 saturated heterocycles. The first-order valence-corrected chi connectivity index (χ1v) is 9.73. The highest BCUT2D eigenvalue weighted by Crippen LogP contribution is 2.33. The van der Waals surface area contributed by atoms with E-state index in [-0.39, 0.29) is 12.1 Å². The Morgan fingerprint density at radius 3 is 2.78 bits per heavy atom. The molecule has 2 amide bonds. The Kier molecular flexibility index (Phi) is 5.27. The summed E-state index contributed by atoms with van der Waals surface area (Å²) in [7, 11) is 0. The number of carbonyl (C=O) groups excluding carboxylic acids is 2. The lowest BCUT2D eigenvalue weighted by Gasteiger charge is -2.20. The summed E-state index contributed by atoms with van der Waals surface area (Å²) < 4.78 is 52.5. The summed E-state index contributed by atoms with van der Waals surface area (Å²) in [6.45, 7) is 2.09. The van der Waals surface area contributed by atoms with Crippen LogP contribution in [-0.2, 0) is 11.3 Å². The van der Waals surface area contributed by atoms with Crippen LogP contribution in [0.4, 0.5) is 28.9 Å². The van der Waals surface area contributed by atoms with E-state index in [0.29, 0.717) is 33.5 Å². The summed E-state index contributed by atoms with van der Waals surface area (Å²) >= 11 is 0. The van der Waals surface area contributed by atoms with Crippen molar-refractivity contribution in [1.29, 1.82) is 0 Å². The Labute approximate surface area is 179 Å². The van der Waals surface area contributed by atoms with Gasteiger partial charge in [-0.05, 0) is 37.6 Å². The maximum Gasteiger partial charge on any atom is 0.408 e. The average molecular weight is 449 g/mol. The van der Waals surface area contributed by atoms with Crippen molar-refractivity contribution < 1.29 is 27.2 Å². The van der Waals surface area contributed by atoms with Gasteiger partial charge in [-0.2, -0.15) is 18.3 Å². The number of amides is 2. The van der Waals surface area contributed by atoms with Gasteiger partial charge in [0.05, 0.1) is 22.2 Å². The van der Waals surface area contributed by atoms with Gasteiger partial charge in [-0.25, -0.2) is 4.39 Å². The third-order valence-corrected chi connectivity index (χ3v) is 5.28. The Morgan fingerprint density at radius 2 is 2.06 bits per heavy atom. The molecular formula is C21H19F4N5O2. The summed E-state index contributed by atoms with van der Waals surface area (Å²) in [5.74, 6) is -1.89. The topological polar surface area (TPSA) is 90.1 Å². The highest BCUT2D eigenvalue weighted by Gasteiger charge is 2.38. The van der Waals surface area contributed by atoms with Gasteiger partial charge < -0.3 is 15.5 Å². The largest absolute Gasteiger partial charge is 0.408 e. The van der Waals surface area contributed by atoms with Gasteiger partial charge in [0.25, 0.3) is 5.91 Å². The quantitative estimate of drug-likeness (QED) is 0.518. The first-order chi connectivity index (χ1) is 15.0. The molecule has 1 aromatic heterocycles. The minimum atomic E-state index is -4.58. The third kappa shape index (κ3) is 3.97. The number of hydrogen-bond donors (Lipinski definition) is 3. The fourth-order valence-electron chi connectivity index (χ4n) is 3.67. The zero-order valence-electron chi connectivity index (χ0n) is 17.1. The normalized spacial score (nSPS) is 14.6. The van der Waals surface area contributed by atoms with Crippen molar-refractivity contribution in [3.63, 3.8) is 0 Å². The molecule has 3 aromatic rings. The summed E-state index contributed by atoms with van der Waals surface area (Å²) in [6, 6.07) is 5.90. The SMILES string of the molecule is Cc1[nH]nc2cc(Nc3cccc4c3C(=O)N(CC(=O)NC(C)C(F)(F)F)C4)cc(F)c12. The van der Waals surface area contributed by atoms with Crippen molar-refractivity contribution >= 4 is 34.1 Å². The number of halogens is 4. The Bertz CT molecular complexity index is 1220. The van der Waals surface area contributed by atoms with Crippen LogP contribution in [0.1, 0.15) is 28.5 Å². The molecule has 0 bridgehead atoms. The molecule has 0 radical (unpaired) electrons. The van der Waals surface area contributed by atoms with Crippen LogP contribution >= 0.6 is 0 Å². The number of aromatic nitrogens is 2. The number of anilines is 2. The number of carbonyl (C=O) groups is 2. The van der Waals surface area contributed by atoms with E-state index in [1.807, 2.05) is 5.32 Å². The van der Waals surface area contributed by atoms with Gasteiger partial charge in [-0.3, -0.25) is 14.7 Å². The molecule has 168 valence electrons. The smallest absolute Gasteiger partial charge is 0.355 e. The summed E-state index contributed by atoms with van der Waals surface area (Å²) in [6.07, 6.45) is -4.58. The number of hydrogen-bond acceptors (Lipinski definition) is 4. The van der Waals surface area contributed by atoms with Crippen LogP contribution in [0.5, 0.6) is 0 Å². The molecule has 7 nitrogen and oxygen atoms in total. The van der Waals surface area contributed by atoms with Gasteiger partial charge in [0.15, 0.2) is 0 Å². The van der Waals surface area contributed by atoms with E-state index >= 15 is 0 Å². The summed E-state index contributed by atoms with van der Waals surface area (Å²) in [5, 5.41) is 12.0. The minimum Gasteiger partial charge on any atom is -0.355 e.